The number of ether oxygens (including phenoxy) is 5. The lowest BCUT2D eigenvalue weighted by atomic mass is 9.98. The van der Waals surface area contributed by atoms with Crippen molar-refractivity contribution >= 4 is 11.0 Å². The SMILES string of the molecule is COc1ccc(-c2oc3cc(O)cc(O)c3c(=O)c2O[C@@H]2O[C@H](COC[C@@H]3O[C@@H](O)[C@H](O)[C@H](O)[C@H]3O)[C@@H](O)[C@H](O)[C@H]2O)cc1O. The van der Waals surface area contributed by atoms with Gasteiger partial charge in [-0.2, -0.15) is 0 Å². The Hall–Kier alpha value is -3.75. The van der Waals surface area contributed by atoms with Crippen molar-refractivity contribution in [1.82, 2.24) is 0 Å². The molecule has 0 radical (unpaired) electrons. The highest BCUT2D eigenvalue weighted by molar-refractivity contribution is 5.88. The van der Waals surface area contributed by atoms with Gasteiger partial charge in [0, 0.05) is 17.7 Å². The maximum absolute atomic E-state index is 13.6. The third-order valence-electron chi connectivity index (χ3n) is 7.51. The molecule has 5 rings (SSSR count). The van der Waals surface area contributed by atoms with Crippen molar-refractivity contribution < 1.29 is 79.2 Å². The molecule has 0 saturated carbocycles. The van der Waals surface area contributed by atoms with Gasteiger partial charge >= 0.3 is 0 Å². The zero-order valence-electron chi connectivity index (χ0n) is 23.4. The van der Waals surface area contributed by atoms with Crippen LogP contribution in [0.4, 0.5) is 0 Å². The summed E-state index contributed by atoms with van der Waals surface area (Å²) in [6.07, 6.45) is -17.2. The molecule has 0 unspecified atom stereocenters. The molecule has 2 aliphatic rings. The van der Waals surface area contributed by atoms with E-state index < -0.39 is 103 Å². The van der Waals surface area contributed by atoms with Gasteiger partial charge in [-0.1, -0.05) is 0 Å². The predicted molar refractivity (Wildman–Crippen MR) is 146 cm³/mol. The molecule has 0 aliphatic carbocycles. The van der Waals surface area contributed by atoms with Crippen molar-refractivity contribution in [1.29, 1.82) is 0 Å². The summed E-state index contributed by atoms with van der Waals surface area (Å²) in [4.78, 5) is 13.6. The van der Waals surface area contributed by atoms with Crippen LogP contribution in [0.3, 0.4) is 0 Å². The van der Waals surface area contributed by atoms with Gasteiger partial charge in [0.05, 0.1) is 20.3 Å². The number of phenols is 3. The zero-order chi connectivity index (χ0) is 32.7. The molecule has 2 aliphatic heterocycles. The largest absolute Gasteiger partial charge is 0.508 e. The minimum Gasteiger partial charge on any atom is -0.508 e. The number of hydrogen-bond donors (Lipinski definition) is 10. The Bertz CT molecular complexity index is 1570. The molecular formula is C28H32O17. The number of methoxy groups -OCH3 is 1. The van der Waals surface area contributed by atoms with Gasteiger partial charge in [-0.3, -0.25) is 4.79 Å². The lowest BCUT2D eigenvalue weighted by Gasteiger charge is -2.41. The van der Waals surface area contributed by atoms with E-state index in [2.05, 4.69) is 0 Å². The van der Waals surface area contributed by atoms with Crippen molar-refractivity contribution in [3.63, 3.8) is 0 Å². The average molecular weight is 641 g/mol. The molecule has 2 aromatic carbocycles. The predicted octanol–water partition coefficient (Wildman–Crippen LogP) is -2.41. The molecule has 0 amide bonds. The first-order valence-corrected chi connectivity index (χ1v) is 13.5. The Morgan fingerprint density at radius 2 is 1.40 bits per heavy atom. The minimum absolute atomic E-state index is 0.0523. The van der Waals surface area contributed by atoms with Crippen LogP contribution in [-0.4, -0.2) is 133 Å². The maximum atomic E-state index is 13.6. The van der Waals surface area contributed by atoms with Crippen LogP contribution >= 0.6 is 0 Å². The lowest BCUT2D eigenvalue weighted by Crippen LogP contribution is -2.61. The molecular weight excluding hydrogens is 608 g/mol. The Labute approximate surface area is 252 Å². The van der Waals surface area contributed by atoms with Crippen molar-refractivity contribution in [3.05, 3.63) is 40.6 Å². The van der Waals surface area contributed by atoms with E-state index in [1.807, 2.05) is 0 Å². The highest BCUT2D eigenvalue weighted by atomic mass is 16.7. The molecule has 45 heavy (non-hydrogen) atoms. The van der Waals surface area contributed by atoms with Crippen LogP contribution in [0.25, 0.3) is 22.3 Å². The van der Waals surface area contributed by atoms with E-state index >= 15 is 0 Å². The number of aliphatic hydroxyl groups excluding tert-OH is 7. The summed E-state index contributed by atoms with van der Waals surface area (Å²) >= 11 is 0. The third kappa shape index (κ3) is 6.23. The van der Waals surface area contributed by atoms with Crippen LogP contribution in [0.5, 0.6) is 28.7 Å². The van der Waals surface area contributed by atoms with Gasteiger partial charge < -0.3 is 79.2 Å². The first-order valence-electron chi connectivity index (χ1n) is 13.5. The van der Waals surface area contributed by atoms with Gasteiger partial charge in [0.25, 0.3) is 0 Å². The molecule has 0 bridgehead atoms. The molecule has 2 saturated heterocycles. The van der Waals surface area contributed by atoms with Gasteiger partial charge in [-0.05, 0) is 18.2 Å². The number of hydrogen-bond acceptors (Lipinski definition) is 17. The van der Waals surface area contributed by atoms with Gasteiger partial charge in [-0.25, -0.2) is 0 Å². The lowest BCUT2D eigenvalue weighted by molar-refractivity contribution is -0.297. The highest BCUT2D eigenvalue weighted by Gasteiger charge is 2.47. The van der Waals surface area contributed by atoms with E-state index in [-0.39, 0.29) is 28.4 Å². The fraction of sp³-hybridized carbons (Fsp3) is 0.464. The first-order chi connectivity index (χ1) is 21.3. The quantitative estimate of drug-likeness (QED) is 0.123. The fourth-order valence-corrected chi connectivity index (χ4v) is 5.03. The van der Waals surface area contributed by atoms with E-state index in [4.69, 9.17) is 28.1 Å². The molecule has 17 heteroatoms. The van der Waals surface area contributed by atoms with Crippen molar-refractivity contribution in [2.45, 2.75) is 61.4 Å². The summed E-state index contributed by atoms with van der Waals surface area (Å²) in [6.45, 7) is -1.01. The number of phenolic OH excluding ortho intramolecular Hbond substituents is 3. The maximum Gasteiger partial charge on any atom is 0.239 e. The topological polar surface area (TPSA) is 279 Å². The summed E-state index contributed by atoms with van der Waals surface area (Å²) < 4.78 is 32.6. The van der Waals surface area contributed by atoms with Crippen LogP contribution in [-0.2, 0) is 14.2 Å². The normalized spacial score (nSPS) is 32.0. The first kappa shape index (κ1) is 32.6. The molecule has 3 heterocycles. The van der Waals surface area contributed by atoms with E-state index in [9.17, 15) is 55.9 Å². The van der Waals surface area contributed by atoms with Crippen molar-refractivity contribution in [3.8, 4) is 40.1 Å². The summed E-state index contributed by atoms with van der Waals surface area (Å²) in [7, 11) is 1.31. The third-order valence-corrected chi connectivity index (χ3v) is 7.51. The standard InChI is InChI=1S/C28H32O17/c1-40-13-3-2-9(4-11(13)30)25-26(20(34)17-12(31)5-10(29)6-14(17)42-25)45-28-24(38)22(36)19(33)16(44-28)8-41-7-15-18(32)21(35)23(37)27(39)43-15/h2-6,15-16,18-19,21-24,27-33,35-39H,7-8H2,1H3/t15-,16+,18-,19+,21+,22-,23+,24+,27+,28-/m0/s1. The Balaban J connectivity index is 1.43. The van der Waals surface area contributed by atoms with Crippen LogP contribution in [0.2, 0.25) is 0 Å². The van der Waals surface area contributed by atoms with Crippen LogP contribution < -0.4 is 14.9 Å². The summed E-state index contributed by atoms with van der Waals surface area (Å²) in [5.41, 5.74) is -1.21. The van der Waals surface area contributed by atoms with Gasteiger partial charge in [0.1, 0.15) is 71.3 Å². The number of aliphatic hydroxyl groups is 7. The zero-order valence-corrected chi connectivity index (χ0v) is 23.4. The molecule has 17 nitrogen and oxygen atoms in total. The smallest absolute Gasteiger partial charge is 0.239 e. The van der Waals surface area contributed by atoms with E-state index in [1.165, 1.54) is 25.3 Å². The monoisotopic (exact) mass is 640 g/mol. The summed E-state index contributed by atoms with van der Waals surface area (Å²) in [5.74, 6) is -2.37. The van der Waals surface area contributed by atoms with E-state index in [0.29, 0.717) is 0 Å². The van der Waals surface area contributed by atoms with Crippen molar-refractivity contribution in [2.24, 2.45) is 0 Å². The van der Waals surface area contributed by atoms with Gasteiger partial charge in [0.2, 0.25) is 17.5 Å². The van der Waals surface area contributed by atoms with Crippen LogP contribution in [0.1, 0.15) is 0 Å². The summed E-state index contributed by atoms with van der Waals surface area (Å²) in [6, 6.07) is 5.84. The molecule has 10 N–H and O–H groups in total. The van der Waals surface area contributed by atoms with Gasteiger partial charge in [-0.15, -0.1) is 0 Å². The molecule has 246 valence electrons. The Morgan fingerprint density at radius 1 is 0.756 bits per heavy atom. The van der Waals surface area contributed by atoms with Gasteiger partial charge in [0.15, 0.2) is 23.5 Å². The fourth-order valence-electron chi connectivity index (χ4n) is 5.03. The van der Waals surface area contributed by atoms with E-state index in [0.717, 1.165) is 12.1 Å². The second-order valence-electron chi connectivity index (χ2n) is 10.5. The van der Waals surface area contributed by atoms with E-state index in [1.54, 1.807) is 0 Å². The number of benzene rings is 2. The van der Waals surface area contributed by atoms with Crippen LogP contribution in [0.15, 0.2) is 39.5 Å². The molecule has 0 spiro atoms. The second kappa shape index (κ2) is 12.9. The minimum atomic E-state index is -1.95. The number of rotatable bonds is 8. The average Bonchev–Trinajstić information content (AvgIpc) is 3.00. The summed E-state index contributed by atoms with van der Waals surface area (Å²) in [5, 5.41) is 101. The Morgan fingerprint density at radius 3 is 2.04 bits per heavy atom. The number of fused-ring (bicyclic) bond motifs is 1. The molecule has 2 fully saturated rings. The Kier molecular flexibility index (Phi) is 9.38. The molecule has 10 atom stereocenters. The molecule has 3 aromatic rings. The highest BCUT2D eigenvalue weighted by Crippen LogP contribution is 2.39. The molecule has 1 aromatic heterocycles. The van der Waals surface area contributed by atoms with Crippen molar-refractivity contribution in [2.75, 3.05) is 20.3 Å². The second-order valence-corrected chi connectivity index (χ2v) is 10.5. The number of aromatic hydroxyl groups is 3. The van der Waals surface area contributed by atoms with Crippen LogP contribution in [0, 0.1) is 0 Å².